The monoisotopic (exact) mass is 330 g/mol. The van der Waals surface area contributed by atoms with Crippen molar-refractivity contribution < 1.29 is 9.90 Å². The molecule has 2 nitrogen and oxygen atoms in total. The third-order valence-corrected chi connectivity index (χ3v) is 4.48. The van der Waals surface area contributed by atoms with Crippen LogP contribution in [0.3, 0.4) is 0 Å². The molecule has 0 amide bonds. The normalized spacial score (nSPS) is 20.8. The maximum atomic E-state index is 11.1. The van der Waals surface area contributed by atoms with E-state index >= 15 is 0 Å². The van der Waals surface area contributed by atoms with Crippen molar-refractivity contribution in [3.05, 3.63) is 47.6 Å². The summed E-state index contributed by atoms with van der Waals surface area (Å²) in [7, 11) is 0. The van der Waals surface area contributed by atoms with Gasteiger partial charge in [0.1, 0.15) is 0 Å². The van der Waals surface area contributed by atoms with E-state index in [1.54, 1.807) is 0 Å². The van der Waals surface area contributed by atoms with Crippen LogP contribution in [-0.2, 0) is 4.79 Å². The molecule has 24 heavy (non-hydrogen) atoms. The van der Waals surface area contributed by atoms with Gasteiger partial charge in [-0.3, -0.25) is 0 Å². The van der Waals surface area contributed by atoms with Gasteiger partial charge in [-0.05, 0) is 63.2 Å². The first-order valence-electron chi connectivity index (χ1n) is 9.33. The minimum absolute atomic E-state index is 0.426. The van der Waals surface area contributed by atoms with Gasteiger partial charge in [-0.2, -0.15) is 0 Å². The van der Waals surface area contributed by atoms with E-state index < -0.39 is 5.97 Å². The van der Waals surface area contributed by atoms with E-state index in [0.717, 1.165) is 44.4 Å². The maximum Gasteiger partial charge on any atom is 0.331 e. The van der Waals surface area contributed by atoms with Crippen LogP contribution in [-0.4, -0.2) is 11.1 Å². The van der Waals surface area contributed by atoms with Crippen LogP contribution < -0.4 is 0 Å². The molecule has 2 atom stereocenters. The lowest BCUT2D eigenvalue weighted by atomic mass is 9.86. The van der Waals surface area contributed by atoms with Crippen molar-refractivity contribution in [3.63, 3.8) is 0 Å². The highest BCUT2D eigenvalue weighted by molar-refractivity contribution is 5.86. The highest BCUT2D eigenvalue weighted by Gasteiger charge is 2.17. The molecule has 1 rings (SSSR count). The van der Waals surface area contributed by atoms with Crippen LogP contribution in [0.2, 0.25) is 0 Å². The van der Waals surface area contributed by atoms with E-state index in [4.69, 9.17) is 5.11 Å². The molecular formula is C22H34O2. The summed E-state index contributed by atoms with van der Waals surface area (Å²) in [4.78, 5) is 11.1. The zero-order valence-electron chi connectivity index (χ0n) is 15.8. The first kappa shape index (κ1) is 20.5. The lowest BCUT2D eigenvalue weighted by molar-refractivity contribution is -0.132. The van der Waals surface area contributed by atoms with E-state index in [-0.39, 0.29) is 0 Å². The van der Waals surface area contributed by atoms with Crippen LogP contribution in [0.5, 0.6) is 0 Å². The largest absolute Gasteiger partial charge is 0.478 e. The molecule has 1 aliphatic carbocycles. The molecule has 0 radical (unpaired) electrons. The third kappa shape index (κ3) is 8.90. The van der Waals surface area contributed by atoms with Crippen molar-refractivity contribution in [2.75, 3.05) is 0 Å². The van der Waals surface area contributed by atoms with Crippen molar-refractivity contribution in [3.8, 4) is 0 Å². The summed E-state index contributed by atoms with van der Waals surface area (Å²) >= 11 is 0. The summed E-state index contributed by atoms with van der Waals surface area (Å²) in [5, 5.41) is 9.10. The minimum atomic E-state index is -0.741. The summed E-state index contributed by atoms with van der Waals surface area (Å²) in [5.74, 6) is 0.867. The van der Waals surface area contributed by atoms with Crippen LogP contribution in [0.15, 0.2) is 47.6 Å². The quantitative estimate of drug-likeness (QED) is 0.397. The standard InChI is InChI=1S/C22H34O2/c1-17(2)8-5-9-18(3)10-6-11-19(4)14-15-20-12-7-13-21(16-20)22(23)24/h5-6,9-11,16-18,20H,7-8,12-15H2,1-4H3,(H,23,24)/b9-5+,10-6+,19-11+. The first-order valence-corrected chi connectivity index (χ1v) is 9.33. The molecule has 0 aromatic carbocycles. The van der Waals surface area contributed by atoms with Gasteiger partial charge in [0.25, 0.3) is 0 Å². The number of rotatable bonds is 9. The maximum absolute atomic E-state index is 11.1. The van der Waals surface area contributed by atoms with E-state index in [1.165, 1.54) is 5.57 Å². The topological polar surface area (TPSA) is 37.3 Å². The Kier molecular flexibility index (Phi) is 9.44. The Morgan fingerprint density at radius 2 is 2.08 bits per heavy atom. The highest BCUT2D eigenvalue weighted by atomic mass is 16.4. The first-order chi connectivity index (χ1) is 11.4. The molecule has 0 fully saturated rings. The van der Waals surface area contributed by atoms with Gasteiger partial charge in [-0.25, -0.2) is 4.79 Å². The molecule has 0 saturated heterocycles. The Labute approximate surface area is 148 Å². The molecule has 134 valence electrons. The van der Waals surface area contributed by atoms with Crippen molar-refractivity contribution >= 4 is 5.97 Å². The van der Waals surface area contributed by atoms with Gasteiger partial charge in [-0.1, -0.05) is 62.8 Å². The predicted molar refractivity (Wildman–Crippen MR) is 103 cm³/mol. The van der Waals surface area contributed by atoms with Gasteiger partial charge >= 0.3 is 5.97 Å². The summed E-state index contributed by atoms with van der Waals surface area (Å²) in [6, 6.07) is 0. The zero-order chi connectivity index (χ0) is 17.9. The molecule has 2 unspecified atom stereocenters. The van der Waals surface area contributed by atoms with Crippen molar-refractivity contribution in [2.24, 2.45) is 17.8 Å². The van der Waals surface area contributed by atoms with E-state index in [1.807, 2.05) is 6.08 Å². The molecule has 0 saturated carbocycles. The molecule has 0 aromatic rings. The zero-order valence-corrected chi connectivity index (χ0v) is 15.8. The van der Waals surface area contributed by atoms with Crippen LogP contribution in [0.1, 0.15) is 66.2 Å². The van der Waals surface area contributed by atoms with Crippen LogP contribution in [0.4, 0.5) is 0 Å². The minimum Gasteiger partial charge on any atom is -0.478 e. The molecule has 0 spiro atoms. The average Bonchev–Trinajstić information content (AvgIpc) is 2.53. The summed E-state index contributed by atoms with van der Waals surface area (Å²) < 4.78 is 0. The van der Waals surface area contributed by atoms with Crippen LogP contribution >= 0.6 is 0 Å². The number of hydrogen-bond acceptors (Lipinski definition) is 1. The fourth-order valence-electron chi connectivity index (χ4n) is 2.93. The fourth-order valence-corrected chi connectivity index (χ4v) is 2.93. The molecule has 0 bridgehead atoms. The number of carbonyl (C=O) groups is 1. The number of allylic oxidation sites excluding steroid dienone is 7. The number of hydrogen-bond donors (Lipinski definition) is 1. The SMILES string of the molecule is C/C(=C\C=C\C(C)/C=C/CC(C)C)CCC1C=C(C(=O)O)CCC1. The second kappa shape index (κ2) is 11.1. The number of aliphatic carboxylic acids is 1. The Morgan fingerprint density at radius 3 is 2.75 bits per heavy atom. The van der Waals surface area contributed by atoms with Gasteiger partial charge in [0, 0.05) is 5.57 Å². The highest BCUT2D eigenvalue weighted by Crippen LogP contribution is 2.27. The van der Waals surface area contributed by atoms with Crippen molar-refractivity contribution in [2.45, 2.75) is 66.2 Å². The van der Waals surface area contributed by atoms with Crippen LogP contribution in [0, 0.1) is 17.8 Å². The molecule has 0 heterocycles. The molecule has 1 N–H and O–H groups in total. The second-order valence-electron chi connectivity index (χ2n) is 7.50. The Balaban J connectivity index is 2.39. The molecule has 0 aliphatic heterocycles. The summed E-state index contributed by atoms with van der Waals surface area (Å²) in [6.07, 6.45) is 19.2. The lowest BCUT2D eigenvalue weighted by Gasteiger charge is -2.19. The smallest absolute Gasteiger partial charge is 0.331 e. The Morgan fingerprint density at radius 1 is 1.33 bits per heavy atom. The van der Waals surface area contributed by atoms with Crippen molar-refractivity contribution in [1.29, 1.82) is 0 Å². The third-order valence-electron chi connectivity index (χ3n) is 4.48. The van der Waals surface area contributed by atoms with E-state index in [0.29, 0.717) is 17.4 Å². The molecule has 0 aromatic heterocycles. The lowest BCUT2D eigenvalue weighted by Crippen LogP contribution is -2.10. The molecule has 2 heteroatoms. The number of carboxylic acid groups (broad SMARTS) is 1. The molecular weight excluding hydrogens is 296 g/mol. The van der Waals surface area contributed by atoms with Crippen molar-refractivity contribution in [1.82, 2.24) is 0 Å². The fraction of sp³-hybridized carbons (Fsp3) is 0.591. The summed E-state index contributed by atoms with van der Waals surface area (Å²) in [5.41, 5.74) is 1.97. The average molecular weight is 331 g/mol. The summed E-state index contributed by atoms with van der Waals surface area (Å²) in [6.45, 7) is 8.83. The van der Waals surface area contributed by atoms with E-state index in [2.05, 4.69) is 58.1 Å². The molecule has 1 aliphatic rings. The number of carboxylic acids is 1. The van der Waals surface area contributed by atoms with Gasteiger partial charge in [0.05, 0.1) is 0 Å². The van der Waals surface area contributed by atoms with Gasteiger partial charge in [0.15, 0.2) is 0 Å². The Hall–Kier alpha value is -1.57. The second-order valence-corrected chi connectivity index (χ2v) is 7.50. The van der Waals surface area contributed by atoms with Gasteiger partial charge in [0.2, 0.25) is 0 Å². The van der Waals surface area contributed by atoms with Gasteiger partial charge in [-0.15, -0.1) is 0 Å². The predicted octanol–water partition coefficient (Wildman–Crippen LogP) is 6.32. The Bertz CT molecular complexity index is 506. The van der Waals surface area contributed by atoms with Gasteiger partial charge < -0.3 is 5.11 Å². The van der Waals surface area contributed by atoms with Crippen LogP contribution in [0.25, 0.3) is 0 Å². The van der Waals surface area contributed by atoms with E-state index in [9.17, 15) is 4.79 Å².